The van der Waals surface area contributed by atoms with E-state index in [0.717, 1.165) is 12.1 Å². The number of halogens is 3. The Morgan fingerprint density at radius 2 is 2.14 bits per heavy atom. The van der Waals surface area contributed by atoms with Crippen LogP contribution in [0.5, 0.6) is 11.5 Å². The van der Waals surface area contributed by atoms with E-state index in [1.165, 1.54) is 12.3 Å². The molecule has 0 fully saturated rings. The van der Waals surface area contributed by atoms with E-state index in [0.29, 0.717) is 22.1 Å². The van der Waals surface area contributed by atoms with Gasteiger partial charge in [-0.2, -0.15) is 0 Å². The van der Waals surface area contributed by atoms with Crippen molar-refractivity contribution in [1.29, 1.82) is 0 Å². The molecular weight excluding hydrogens is 438 g/mol. The van der Waals surface area contributed by atoms with Crippen LogP contribution < -0.4 is 10.1 Å². The van der Waals surface area contributed by atoms with Crippen molar-refractivity contribution in [3.05, 3.63) is 46.7 Å². The molecule has 2 aromatic heterocycles. The number of hydrogen-bond donors (Lipinski definition) is 3. The molecule has 3 heterocycles. The number of hydrogen-bond acceptors (Lipinski definition) is 6. The van der Waals surface area contributed by atoms with E-state index in [-0.39, 0.29) is 36.6 Å². The van der Waals surface area contributed by atoms with Crippen molar-refractivity contribution in [1.82, 2.24) is 9.97 Å². The zero-order chi connectivity index (χ0) is 19.7. The van der Waals surface area contributed by atoms with Gasteiger partial charge in [-0.25, -0.2) is 18.8 Å². The summed E-state index contributed by atoms with van der Waals surface area (Å²) in [5.41, 5.74) is 0.656. The molecule has 1 aliphatic rings. The Morgan fingerprint density at radius 3 is 2.82 bits per heavy atom. The van der Waals surface area contributed by atoms with Gasteiger partial charge < -0.3 is 24.9 Å². The lowest BCUT2D eigenvalue weighted by atomic mass is 10.2. The zero-order valence-electron chi connectivity index (χ0n) is 14.4. The van der Waals surface area contributed by atoms with Crippen LogP contribution in [-0.4, -0.2) is 40.9 Å². The van der Waals surface area contributed by atoms with Crippen LogP contribution in [-0.2, 0) is 4.74 Å². The van der Waals surface area contributed by atoms with E-state index in [2.05, 4.69) is 36.2 Å². The van der Waals surface area contributed by atoms with E-state index < -0.39 is 17.4 Å². The number of fused-ring (bicyclic) bond motifs is 1. The molecule has 0 spiro atoms. The highest BCUT2D eigenvalue weighted by Crippen LogP contribution is 2.36. The van der Waals surface area contributed by atoms with Crippen LogP contribution in [0.25, 0.3) is 11.0 Å². The molecule has 0 aliphatic carbocycles. The van der Waals surface area contributed by atoms with Crippen LogP contribution >= 0.6 is 15.9 Å². The average molecular weight is 453 g/mol. The minimum atomic E-state index is -0.885. The number of benzene rings is 1. The highest BCUT2D eigenvalue weighted by Gasteiger charge is 2.19. The van der Waals surface area contributed by atoms with Crippen molar-refractivity contribution in [3.63, 3.8) is 0 Å². The lowest BCUT2D eigenvalue weighted by molar-refractivity contribution is 0.148. The second-order valence-electron chi connectivity index (χ2n) is 6.17. The summed E-state index contributed by atoms with van der Waals surface area (Å²) in [6, 6.07) is 3.85. The molecule has 1 aliphatic heterocycles. The fourth-order valence-electron chi connectivity index (χ4n) is 2.73. The maximum atomic E-state index is 14.5. The van der Waals surface area contributed by atoms with Gasteiger partial charge in [-0.05, 0) is 22.0 Å². The Hall–Kier alpha value is -2.72. The molecule has 28 heavy (non-hydrogen) atoms. The Labute approximate surface area is 166 Å². The zero-order valence-corrected chi connectivity index (χ0v) is 16.0. The predicted molar refractivity (Wildman–Crippen MR) is 103 cm³/mol. The maximum absolute atomic E-state index is 14.5. The summed E-state index contributed by atoms with van der Waals surface area (Å²) in [7, 11) is 0. The number of amidine groups is 1. The molecule has 0 radical (unpaired) electrons. The molecule has 0 amide bonds. The van der Waals surface area contributed by atoms with Crippen LogP contribution in [0.2, 0.25) is 0 Å². The van der Waals surface area contributed by atoms with Crippen LogP contribution in [0.4, 0.5) is 14.5 Å². The molecule has 1 atom stereocenters. The summed E-state index contributed by atoms with van der Waals surface area (Å²) >= 11 is 3.35. The molecule has 1 unspecified atom stereocenters. The first-order valence-corrected chi connectivity index (χ1v) is 9.18. The lowest BCUT2D eigenvalue weighted by Gasteiger charge is -2.21. The quantitative estimate of drug-likeness (QED) is 0.559. The lowest BCUT2D eigenvalue weighted by Crippen LogP contribution is -2.29. The van der Waals surface area contributed by atoms with Crippen molar-refractivity contribution in [2.45, 2.75) is 0 Å². The smallest absolute Gasteiger partial charge is 0.289 e. The third-order valence-corrected chi connectivity index (χ3v) is 4.78. The number of nitrogens with zero attached hydrogens (tertiary/aromatic N) is 2. The second-order valence-corrected chi connectivity index (χ2v) is 7.03. The number of H-pyrrole nitrogens is 1. The third kappa shape index (κ3) is 3.65. The van der Waals surface area contributed by atoms with Gasteiger partial charge in [0.05, 0.1) is 25.1 Å². The Morgan fingerprint density at radius 1 is 1.36 bits per heavy atom. The normalized spacial score (nSPS) is 16.6. The standard InChI is InChI=1S/C18H15BrF2N4O3/c19-11-6-23-17-15(11)14(1-2-22-17)28-16-12(20)3-10(4-13(16)21)25-18-24-5-9(7-26)8-27-18/h1-4,6,9,26H,5,7-8H2,(H,22,23)(H,24,25). The summed E-state index contributed by atoms with van der Waals surface area (Å²) in [5.74, 6) is -2.13. The van der Waals surface area contributed by atoms with Crippen LogP contribution in [0.15, 0.2) is 40.1 Å². The summed E-state index contributed by atoms with van der Waals surface area (Å²) in [6.45, 7) is 0.609. The molecule has 3 aromatic rings. The van der Waals surface area contributed by atoms with Gasteiger partial charge in [0.1, 0.15) is 11.4 Å². The van der Waals surface area contributed by atoms with E-state index in [4.69, 9.17) is 14.6 Å². The van der Waals surface area contributed by atoms with Gasteiger partial charge in [0.2, 0.25) is 0 Å². The number of rotatable bonds is 4. The number of aliphatic hydroxyl groups excluding tert-OH is 1. The van der Waals surface area contributed by atoms with Gasteiger partial charge in [-0.15, -0.1) is 0 Å². The number of aliphatic hydroxyl groups is 1. The predicted octanol–water partition coefficient (Wildman–Crippen LogP) is 3.80. The van der Waals surface area contributed by atoms with Crippen LogP contribution in [0, 0.1) is 17.6 Å². The Balaban J connectivity index is 1.58. The number of aromatic amines is 1. The highest BCUT2D eigenvalue weighted by atomic mass is 79.9. The first-order chi connectivity index (χ1) is 13.5. The van der Waals surface area contributed by atoms with Crippen molar-refractivity contribution in [2.24, 2.45) is 10.9 Å². The molecule has 0 saturated carbocycles. The molecule has 7 nitrogen and oxygen atoms in total. The van der Waals surface area contributed by atoms with E-state index in [9.17, 15) is 8.78 Å². The second kappa shape index (κ2) is 7.72. The van der Waals surface area contributed by atoms with Crippen LogP contribution in [0.3, 0.4) is 0 Å². The van der Waals surface area contributed by atoms with Crippen molar-refractivity contribution in [3.8, 4) is 11.5 Å². The summed E-state index contributed by atoms with van der Waals surface area (Å²) in [5, 5.41) is 12.4. The topological polar surface area (TPSA) is 91.8 Å². The third-order valence-electron chi connectivity index (χ3n) is 4.16. The number of aromatic nitrogens is 2. The maximum Gasteiger partial charge on any atom is 0.289 e. The number of pyridine rings is 1. The van der Waals surface area contributed by atoms with Gasteiger partial charge >= 0.3 is 0 Å². The Kier molecular flexibility index (Phi) is 5.14. The van der Waals surface area contributed by atoms with Gasteiger partial charge in [0.25, 0.3) is 6.02 Å². The van der Waals surface area contributed by atoms with Crippen molar-refractivity contribution < 1.29 is 23.4 Å². The molecule has 0 saturated heterocycles. The van der Waals surface area contributed by atoms with Gasteiger partial charge in [0.15, 0.2) is 17.4 Å². The van der Waals surface area contributed by atoms with Crippen LogP contribution in [0.1, 0.15) is 0 Å². The summed E-state index contributed by atoms with van der Waals surface area (Å²) in [4.78, 5) is 11.2. The van der Waals surface area contributed by atoms with Crippen molar-refractivity contribution >= 4 is 38.7 Å². The summed E-state index contributed by atoms with van der Waals surface area (Å²) < 4.78 is 40.6. The Bertz CT molecular complexity index is 1030. The summed E-state index contributed by atoms with van der Waals surface area (Å²) in [6.07, 6.45) is 3.14. The van der Waals surface area contributed by atoms with E-state index in [1.54, 1.807) is 6.20 Å². The number of ether oxygens (including phenoxy) is 2. The first-order valence-electron chi connectivity index (χ1n) is 8.38. The number of anilines is 1. The monoisotopic (exact) mass is 452 g/mol. The average Bonchev–Trinajstić information content (AvgIpc) is 3.07. The SMILES string of the molecule is OCC1CN=C(Nc2cc(F)c(Oc3ccnc4[nH]cc(Br)c34)c(F)c2)OC1. The minimum Gasteiger partial charge on any atom is -0.465 e. The fraction of sp³-hybridized carbons (Fsp3) is 0.222. The number of nitrogens with one attached hydrogen (secondary N) is 2. The minimum absolute atomic E-state index is 0.0361. The largest absolute Gasteiger partial charge is 0.465 e. The molecule has 0 bridgehead atoms. The molecule has 146 valence electrons. The molecule has 10 heteroatoms. The van der Waals surface area contributed by atoms with Gasteiger partial charge in [-0.1, -0.05) is 0 Å². The molecule has 1 aromatic carbocycles. The molecular formula is C18H15BrF2N4O3. The van der Waals surface area contributed by atoms with Crippen molar-refractivity contribution in [2.75, 3.05) is 25.1 Å². The first kappa shape index (κ1) is 18.6. The van der Waals surface area contributed by atoms with E-state index >= 15 is 0 Å². The highest BCUT2D eigenvalue weighted by molar-refractivity contribution is 9.10. The number of aliphatic imine (C=N–C) groups is 1. The molecule has 4 rings (SSSR count). The molecule has 3 N–H and O–H groups in total. The fourth-order valence-corrected chi connectivity index (χ4v) is 3.23. The van der Waals surface area contributed by atoms with Gasteiger partial charge in [-0.3, -0.25) is 0 Å². The van der Waals surface area contributed by atoms with E-state index in [1.807, 2.05) is 0 Å². The van der Waals surface area contributed by atoms with Gasteiger partial charge in [0, 0.05) is 40.6 Å².